The van der Waals surface area contributed by atoms with Crippen LogP contribution in [0.2, 0.25) is 0 Å². The number of carbonyl (C=O) groups is 1. The maximum atomic E-state index is 10.5. The number of imidazole rings is 1. The van der Waals surface area contributed by atoms with Crippen molar-refractivity contribution in [1.29, 1.82) is 0 Å². The average Bonchev–Trinajstić information content (AvgIpc) is 2.58. The van der Waals surface area contributed by atoms with Crippen LogP contribution in [-0.4, -0.2) is 15.7 Å². The molecule has 0 atom stereocenters. The fourth-order valence-electron chi connectivity index (χ4n) is 1.32. The van der Waals surface area contributed by atoms with Gasteiger partial charge >= 0.3 is 0 Å². The maximum absolute atomic E-state index is 10.5. The minimum absolute atomic E-state index is 0.480. The summed E-state index contributed by atoms with van der Waals surface area (Å²) in [5, 5.41) is 0. The number of carbonyl (C=O) groups excluding carboxylic acids is 1. The van der Waals surface area contributed by atoms with E-state index in [1.54, 1.807) is 6.20 Å². The van der Waals surface area contributed by atoms with Gasteiger partial charge in [-0.25, -0.2) is 4.98 Å². The molecule has 3 nitrogen and oxygen atoms in total. The molecule has 13 heavy (non-hydrogen) atoms. The van der Waals surface area contributed by atoms with E-state index in [2.05, 4.69) is 11.9 Å². The highest BCUT2D eigenvalue weighted by Crippen LogP contribution is 2.06. The van der Waals surface area contributed by atoms with Gasteiger partial charge in [-0.3, -0.25) is 4.79 Å². The van der Waals surface area contributed by atoms with E-state index in [-0.39, 0.29) is 0 Å². The molecule has 0 bridgehead atoms. The van der Waals surface area contributed by atoms with Crippen LogP contribution in [0.4, 0.5) is 0 Å². The smallest absolute Gasteiger partial charge is 0.170 e. The zero-order valence-electron chi connectivity index (χ0n) is 7.40. The van der Waals surface area contributed by atoms with Gasteiger partial charge in [0.05, 0.1) is 0 Å². The van der Waals surface area contributed by atoms with Crippen LogP contribution in [0.1, 0.15) is 23.0 Å². The lowest BCUT2D eigenvalue weighted by atomic mass is 10.2. The average molecular weight is 174 g/mol. The Morgan fingerprint density at radius 1 is 1.46 bits per heavy atom. The zero-order chi connectivity index (χ0) is 9.26. The zero-order valence-corrected chi connectivity index (χ0v) is 7.40. The molecule has 0 aliphatic carbocycles. The van der Waals surface area contributed by atoms with Crippen molar-refractivity contribution < 1.29 is 4.79 Å². The molecule has 2 aromatic heterocycles. The maximum Gasteiger partial charge on any atom is 0.170 e. The summed E-state index contributed by atoms with van der Waals surface area (Å²) < 4.78 is 1.88. The fraction of sp³-hybridized carbons (Fsp3) is 0.200. The molecule has 0 aliphatic rings. The Labute approximate surface area is 76.0 Å². The summed E-state index contributed by atoms with van der Waals surface area (Å²) in [4.78, 5) is 14.6. The van der Waals surface area contributed by atoms with Crippen molar-refractivity contribution in [3.05, 3.63) is 35.8 Å². The molecule has 0 saturated heterocycles. The van der Waals surface area contributed by atoms with Crippen LogP contribution < -0.4 is 0 Å². The highest BCUT2D eigenvalue weighted by Gasteiger charge is 1.99. The molecular weight excluding hydrogens is 164 g/mol. The van der Waals surface area contributed by atoms with Gasteiger partial charge in [0, 0.05) is 12.4 Å². The highest BCUT2D eigenvalue weighted by atomic mass is 16.1. The third-order valence-corrected chi connectivity index (χ3v) is 2.06. The fourth-order valence-corrected chi connectivity index (χ4v) is 1.32. The number of aromatic nitrogens is 2. The molecular formula is C10H10N2O. The highest BCUT2D eigenvalue weighted by molar-refractivity contribution is 5.73. The SMILES string of the molecule is CCc1ccc2nc(C=O)cn2c1. The summed E-state index contributed by atoms with van der Waals surface area (Å²) in [6.45, 7) is 2.10. The predicted molar refractivity (Wildman–Crippen MR) is 50.0 cm³/mol. The summed E-state index contributed by atoms with van der Waals surface area (Å²) in [5.74, 6) is 0. The molecule has 0 radical (unpaired) electrons. The first-order valence-electron chi connectivity index (χ1n) is 4.26. The number of nitrogens with zero attached hydrogens (tertiary/aromatic N) is 2. The molecule has 2 aromatic rings. The Morgan fingerprint density at radius 2 is 2.31 bits per heavy atom. The van der Waals surface area contributed by atoms with Crippen LogP contribution in [0, 0.1) is 0 Å². The van der Waals surface area contributed by atoms with Gasteiger partial charge in [0.1, 0.15) is 11.3 Å². The van der Waals surface area contributed by atoms with Crippen LogP contribution in [0.3, 0.4) is 0 Å². The second kappa shape index (κ2) is 3.01. The first kappa shape index (κ1) is 7.98. The monoisotopic (exact) mass is 174 g/mol. The Bertz CT molecular complexity index is 445. The van der Waals surface area contributed by atoms with Crippen LogP contribution >= 0.6 is 0 Å². The number of aryl methyl sites for hydroxylation is 1. The van der Waals surface area contributed by atoms with Gasteiger partial charge in [-0.2, -0.15) is 0 Å². The first-order valence-corrected chi connectivity index (χ1v) is 4.26. The summed E-state index contributed by atoms with van der Waals surface area (Å²) in [5.41, 5.74) is 2.54. The Morgan fingerprint density at radius 3 is 3.00 bits per heavy atom. The van der Waals surface area contributed by atoms with E-state index in [9.17, 15) is 4.79 Å². The molecule has 0 unspecified atom stereocenters. The molecule has 0 N–H and O–H groups in total. The summed E-state index contributed by atoms with van der Waals surface area (Å²) >= 11 is 0. The van der Waals surface area contributed by atoms with E-state index in [0.717, 1.165) is 18.4 Å². The number of rotatable bonds is 2. The first-order chi connectivity index (χ1) is 6.33. The van der Waals surface area contributed by atoms with Crippen LogP contribution in [0.5, 0.6) is 0 Å². The summed E-state index contributed by atoms with van der Waals surface area (Å²) in [6, 6.07) is 3.95. The Balaban J connectivity index is 2.63. The molecule has 0 amide bonds. The number of hydrogen-bond acceptors (Lipinski definition) is 2. The van der Waals surface area contributed by atoms with E-state index in [1.165, 1.54) is 5.56 Å². The van der Waals surface area contributed by atoms with E-state index < -0.39 is 0 Å². The van der Waals surface area contributed by atoms with E-state index >= 15 is 0 Å². The third kappa shape index (κ3) is 1.33. The minimum atomic E-state index is 0.480. The normalized spacial score (nSPS) is 10.5. The molecule has 2 rings (SSSR count). The Kier molecular flexibility index (Phi) is 1.85. The number of fused-ring (bicyclic) bond motifs is 1. The van der Waals surface area contributed by atoms with Crippen LogP contribution in [-0.2, 0) is 6.42 Å². The van der Waals surface area contributed by atoms with Crippen molar-refractivity contribution in [3.63, 3.8) is 0 Å². The Hall–Kier alpha value is -1.64. The van der Waals surface area contributed by atoms with Crippen molar-refractivity contribution in [2.45, 2.75) is 13.3 Å². The molecule has 0 spiro atoms. The van der Waals surface area contributed by atoms with Gasteiger partial charge in [-0.1, -0.05) is 13.0 Å². The van der Waals surface area contributed by atoms with Crippen molar-refractivity contribution in [2.24, 2.45) is 0 Å². The lowest BCUT2D eigenvalue weighted by Gasteiger charge is -1.96. The van der Waals surface area contributed by atoms with Crippen molar-refractivity contribution >= 4 is 11.9 Å². The number of pyridine rings is 1. The lowest BCUT2D eigenvalue weighted by Crippen LogP contribution is -1.86. The number of hydrogen-bond donors (Lipinski definition) is 0. The largest absolute Gasteiger partial charge is 0.306 e. The molecule has 0 fully saturated rings. The molecule has 3 heteroatoms. The predicted octanol–water partition coefficient (Wildman–Crippen LogP) is 1.71. The van der Waals surface area contributed by atoms with Gasteiger partial charge in [-0.15, -0.1) is 0 Å². The van der Waals surface area contributed by atoms with Gasteiger partial charge in [0.2, 0.25) is 0 Å². The van der Waals surface area contributed by atoms with Gasteiger partial charge < -0.3 is 4.40 Å². The van der Waals surface area contributed by atoms with Crippen LogP contribution in [0.15, 0.2) is 24.5 Å². The van der Waals surface area contributed by atoms with E-state index in [1.807, 2.05) is 22.7 Å². The standard InChI is InChI=1S/C10H10N2O/c1-2-8-3-4-10-11-9(7-13)6-12(10)5-8/h3-7H,2H2,1H3. The van der Waals surface area contributed by atoms with Crippen LogP contribution in [0.25, 0.3) is 5.65 Å². The van der Waals surface area contributed by atoms with Crippen molar-refractivity contribution in [2.75, 3.05) is 0 Å². The lowest BCUT2D eigenvalue weighted by molar-refractivity contribution is 0.111. The summed E-state index contributed by atoms with van der Waals surface area (Å²) in [7, 11) is 0. The molecule has 0 aromatic carbocycles. The molecule has 0 saturated carbocycles. The van der Waals surface area contributed by atoms with Crippen molar-refractivity contribution in [1.82, 2.24) is 9.38 Å². The second-order valence-corrected chi connectivity index (χ2v) is 2.94. The minimum Gasteiger partial charge on any atom is -0.306 e. The summed E-state index contributed by atoms with van der Waals surface area (Å²) in [6.07, 6.45) is 5.49. The molecule has 2 heterocycles. The second-order valence-electron chi connectivity index (χ2n) is 2.94. The molecule has 66 valence electrons. The van der Waals surface area contributed by atoms with E-state index in [0.29, 0.717) is 5.69 Å². The number of aldehydes is 1. The van der Waals surface area contributed by atoms with E-state index in [4.69, 9.17) is 0 Å². The van der Waals surface area contributed by atoms with Crippen molar-refractivity contribution in [3.8, 4) is 0 Å². The quantitative estimate of drug-likeness (QED) is 0.649. The van der Waals surface area contributed by atoms with Gasteiger partial charge in [0.15, 0.2) is 6.29 Å². The van der Waals surface area contributed by atoms with Gasteiger partial charge in [0.25, 0.3) is 0 Å². The van der Waals surface area contributed by atoms with Gasteiger partial charge in [-0.05, 0) is 18.1 Å². The third-order valence-electron chi connectivity index (χ3n) is 2.06. The topological polar surface area (TPSA) is 34.4 Å². The molecule has 0 aliphatic heterocycles.